The van der Waals surface area contributed by atoms with Crippen LogP contribution in [0.5, 0.6) is 0 Å². The highest BCUT2D eigenvalue weighted by Crippen LogP contribution is 2.20. The Bertz CT molecular complexity index is 1200. The maximum absolute atomic E-state index is 12.5. The zero-order valence-electron chi connectivity index (χ0n) is 15.2. The number of Topliss-reactive ketones (excluding diaryl/α,β-unsaturated/α-hetero) is 1. The third-order valence-corrected chi connectivity index (χ3v) is 4.14. The summed E-state index contributed by atoms with van der Waals surface area (Å²) in [5, 5.41) is 4.13. The van der Waals surface area contributed by atoms with Crippen LogP contribution >= 0.6 is 11.6 Å². The molecule has 0 aliphatic heterocycles. The van der Waals surface area contributed by atoms with Gasteiger partial charge in [-0.05, 0) is 36.7 Å². The summed E-state index contributed by atoms with van der Waals surface area (Å²) in [5.41, 5.74) is 1.19. The Hall–Kier alpha value is -3.66. The molecule has 0 aliphatic rings. The van der Waals surface area contributed by atoms with Gasteiger partial charge in [0.05, 0.1) is 19.5 Å². The molecule has 0 aliphatic carbocycles. The van der Waals surface area contributed by atoms with Crippen molar-refractivity contribution in [1.29, 1.82) is 0 Å². The molecule has 0 aromatic carbocycles. The average Bonchev–Trinajstić information content (AvgIpc) is 3.36. The maximum Gasteiger partial charge on any atom is 0.358 e. The minimum Gasteiger partial charge on any atom is -0.461 e. The number of aromatic nitrogens is 7. The van der Waals surface area contributed by atoms with Crippen molar-refractivity contribution >= 4 is 34.5 Å². The van der Waals surface area contributed by atoms with Crippen LogP contribution in [0.1, 0.15) is 27.9 Å². The Morgan fingerprint density at radius 1 is 1.14 bits per heavy atom. The Morgan fingerprint density at radius 2 is 2.00 bits per heavy atom. The van der Waals surface area contributed by atoms with Crippen molar-refractivity contribution in [2.45, 2.75) is 13.5 Å². The molecule has 0 radical (unpaired) electrons. The van der Waals surface area contributed by atoms with E-state index < -0.39 is 5.97 Å². The largest absolute Gasteiger partial charge is 0.461 e. The Balaban J connectivity index is 1.71. The molecule has 4 rings (SSSR count). The van der Waals surface area contributed by atoms with Gasteiger partial charge in [-0.1, -0.05) is 6.07 Å². The summed E-state index contributed by atoms with van der Waals surface area (Å²) < 4.78 is 7.86. The van der Waals surface area contributed by atoms with Crippen LogP contribution in [0.3, 0.4) is 0 Å². The zero-order chi connectivity index (χ0) is 20.4. The van der Waals surface area contributed by atoms with E-state index >= 15 is 0 Å². The number of fused-ring (bicyclic) bond motifs is 1. The van der Waals surface area contributed by atoms with Crippen LogP contribution in [-0.2, 0) is 11.3 Å². The number of carbonyl (C=O) groups excluding carboxylic acids is 2. The predicted octanol–water partition coefficient (Wildman–Crippen LogP) is 2.12. The molecule has 0 atom stereocenters. The number of nitrogens with zero attached hydrogens (tertiary/aromatic N) is 7. The van der Waals surface area contributed by atoms with E-state index in [2.05, 4.69) is 25.0 Å². The number of ketones is 1. The van der Waals surface area contributed by atoms with Gasteiger partial charge in [-0.25, -0.2) is 14.5 Å². The van der Waals surface area contributed by atoms with Crippen molar-refractivity contribution in [1.82, 2.24) is 34.3 Å². The second-order valence-corrected chi connectivity index (χ2v) is 6.20. The Morgan fingerprint density at radius 3 is 2.76 bits per heavy atom. The second-order valence-electron chi connectivity index (χ2n) is 5.87. The lowest BCUT2D eigenvalue weighted by Crippen LogP contribution is -2.12. The number of pyridine rings is 1. The van der Waals surface area contributed by atoms with Gasteiger partial charge in [0.15, 0.2) is 22.7 Å². The van der Waals surface area contributed by atoms with Crippen molar-refractivity contribution in [3.8, 4) is 5.82 Å². The van der Waals surface area contributed by atoms with Crippen LogP contribution in [0.15, 0.2) is 43.0 Å². The highest BCUT2D eigenvalue weighted by atomic mass is 35.5. The van der Waals surface area contributed by atoms with E-state index in [1.807, 2.05) is 0 Å². The van der Waals surface area contributed by atoms with Crippen molar-refractivity contribution in [2.75, 3.05) is 6.61 Å². The first-order chi connectivity index (χ1) is 14.1. The molecule has 4 aromatic rings. The fourth-order valence-corrected chi connectivity index (χ4v) is 2.86. The van der Waals surface area contributed by atoms with Crippen LogP contribution in [0, 0.1) is 0 Å². The first-order valence-corrected chi connectivity index (χ1v) is 9.00. The van der Waals surface area contributed by atoms with Crippen LogP contribution in [-0.4, -0.2) is 52.6 Å². The molecule has 11 heteroatoms. The number of imidazole rings is 1. The molecule has 10 nitrogen and oxygen atoms in total. The van der Waals surface area contributed by atoms with E-state index in [-0.39, 0.29) is 35.7 Å². The van der Waals surface area contributed by atoms with Gasteiger partial charge >= 0.3 is 5.97 Å². The summed E-state index contributed by atoms with van der Waals surface area (Å²) in [5.74, 6) is -0.474. The molecular formula is C18H14ClN7O3. The fourth-order valence-electron chi connectivity index (χ4n) is 2.70. The summed E-state index contributed by atoms with van der Waals surface area (Å²) in [6, 6.07) is 6.61. The van der Waals surface area contributed by atoms with Crippen LogP contribution in [0.25, 0.3) is 17.0 Å². The minimum atomic E-state index is -0.547. The van der Waals surface area contributed by atoms with Crippen LogP contribution in [0.2, 0.25) is 5.28 Å². The molecule has 0 spiro atoms. The van der Waals surface area contributed by atoms with Gasteiger partial charge in [-0.3, -0.25) is 9.78 Å². The van der Waals surface area contributed by atoms with Crippen molar-refractivity contribution in [2.24, 2.45) is 0 Å². The van der Waals surface area contributed by atoms with Crippen LogP contribution in [0.4, 0.5) is 0 Å². The molecule has 4 aromatic heterocycles. The Kier molecular flexibility index (Phi) is 5.00. The number of hydrogen-bond acceptors (Lipinski definition) is 8. The van der Waals surface area contributed by atoms with Gasteiger partial charge in [0.1, 0.15) is 5.69 Å². The van der Waals surface area contributed by atoms with Gasteiger partial charge in [-0.15, -0.1) is 0 Å². The molecule has 0 N–H and O–H groups in total. The molecule has 29 heavy (non-hydrogen) atoms. The van der Waals surface area contributed by atoms with Gasteiger partial charge in [-0.2, -0.15) is 15.1 Å². The van der Waals surface area contributed by atoms with Crippen molar-refractivity contribution in [3.63, 3.8) is 0 Å². The first kappa shape index (κ1) is 18.7. The lowest BCUT2D eigenvalue weighted by Gasteiger charge is -2.05. The molecule has 0 fully saturated rings. The van der Waals surface area contributed by atoms with E-state index in [4.69, 9.17) is 16.3 Å². The molecule has 0 saturated heterocycles. The Labute approximate surface area is 169 Å². The number of ether oxygens (including phenoxy) is 1. The molecule has 4 heterocycles. The minimum absolute atomic E-state index is 0.0204. The van der Waals surface area contributed by atoms with E-state index in [9.17, 15) is 9.59 Å². The zero-order valence-corrected chi connectivity index (χ0v) is 15.9. The monoisotopic (exact) mass is 411 g/mol. The fraction of sp³-hybridized carbons (Fsp3) is 0.167. The summed E-state index contributed by atoms with van der Waals surface area (Å²) in [7, 11) is 0. The van der Waals surface area contributed by atoms with Gasteiger partial charge in [0, 0.05) is 12.4 Å². The number of rotatable bonds is 6. The molecule has 0 unspecified atom stereocenters. The molecule has 0 saturated carbocycles. The summed E-state index contributed by atoms with van der Waals surface area (Å²) in [4.78, 5) is 41.1. The van der Waals surface area contributed by atoms with Crippen molar-refractivity contribution in [3.05, 3.63) is 59.7 Å². The molecule has 146 valence electrons. The molecule has 0 amide bonds. The summed E-state index contributed by atoms with van der Waals surface area (Å²) in [6.07, 6.45) is 4.56. The number of esters is 1. The molecule has 0 bridgehead atoms. The third kappa shape index (κ3) is 3.69. The lowest BCUT2D eigenvalue weighted by molar-refractivity contribution is 0.0518. The third-order valence-electron chi connectivity index (χ3n) is 3.97. The standard InChI is InChI=1S/C18H14ClN7O3/c1-2-29-17(28)12-6-8-26(24-12)16-14-15(22-18(19)23-16)25(10-21-14)9-13(27)11-5-3-4-7-20-11/h3-8,10H,2,9H2,1H3. The maximum atomic E-state index is 12.5. The van der Waals surface area contributed by atoms with E-state index in [1.54, 1.807) is 42.1 Å². The highest BCUT2D eigenvalue weighted by Gasteiger charge is 2.19. The summed E-state index contributed by atoms with van der Waals surface area (Å²) >= 11 is 6.08. The molecular weight excluding hydrogens is 398 g/mol. The quantitative estimate of drug-likeness (QED) is 0.269. The van der Waals surface area contributed by atoms with E-state index in [0.29, 0.717) is 16.9 Å². The van der Waals surface area contributed by atoms with E-state index in [0.717, 1.165) is 0 Å². The van der Waals surface area contributed by atoms with Crippen molar-refractivity contribution < 1.29 is 14.3 Å². The van der Waals surface area contributed by atoms with Gasteiger partial charge in [0.25, 0.3) is 0 Å². The average molecular weight is 412 g/mol. The SMILES string of the molecule is CCOC(=O)c1ccn(-c2nc(Cl)nc3c2ncn3CC(=O)c2ccccn2)n1. The summed E-state index contributed by atoms with van der Waals surface area (Å²) in [6.45, 7) is 1.93. The number of hydrogen-bond donors (Lipinski definition) is 0. The normalized spacial score (nSPS) is 11.0. The smallest absolute Gasteiger partial charge is 0.358 e. The topological polar surface area (TPSA) is 118 Å². The van der Waals surface area contributed by atoms with E-state index in [1.165, 1.54) is 17.1 Å². The van der Waals surface area contributed by atoms with Crippen LogP contribution < -0.4 is 0 Å². The highest BCUT2D eigenvalue weighted by molar-refractivity contribution is 6.28. The van der Waals surface area contributed by atoms with Gasteiger partial charge in [0.2, 0.25) is 11.1 Å². The first-order valence-electron chi connectivity index (χ1n) is 8.62. The second kappa shape index (κ2) is 7.76. The van der Waals surface area contributed by atoms with Gasteiger partial charge < -0.3 is 9.30 Å². The lowest BCUT2D eigenvalue weighted by atomic mass is 10.2. The predicted molar refractivity (Wildman–Crippen MR) is 102 cm³/mol. The number of halogens is 1. The number of carbonyl (C=O) groups is 2.